The number of ether oxygens (including phenoxy) is 2. The van der Waals surface area contributed by atoms with E-state index in [1.807, 2.05) is 24.3 Å². The van der Waals surface area contributed by atoms with Crippen molar-refractivity contribution in [1.29, 1.82) is 0 Å². The van der Waals surface area contributed by atoms with Gasteiger partial charge in [0.15, 0.2) is 0 Å². The van der Waals surface area contributed by atoms with Gasteiger partial charge >= 0.3 is 0 Å². The second-order valence-electron chi connectivity index (χ2n) is 4.85. The summed E-state index contributed by atoms with van der Waals surface area (Å²) in [4.78, 5) is 15.0. The van der Waals surface area contributed by atoms with Gasteiger partial charge in [-0.3, -0.25) is 4.79 Å². The monoisotopic (exact) mass is 309 g/mol. The molecule has 2 aromatic carbocycles. The maximum Gasteiger partial charge on any atom is 0.226 e. The lowest BCUT2D eigenvalue weighted by molar-refractivity contribution is 0.112. The van der Waals surface area contributed by atoms with Gasteiger partial charge < -0.3 is 13.9 Å². The van der Waals surface area contributed by atoms with Crippen molar-refractivity contribution in [1.82, 2.24) is 4.98 Å². The number of nitrogens with zero attached hydrogens (tertiary/aromatic N) is 1. The molecule has 1 aromatic heterocycles. The third kappa shape index (κ3) is 3.58. The zero-order valence-electron chi connectivity index (χ0n) is 12.6. The lowest BCUT2D eigenvalue weighted by Gasteiger charge is -2.03. The van der Waals surface area contributed by atoms with Gasteiger partial charge in [-0.25, -0.2) is 4.98 Å². The van der Waals surface area contributed by atoms with Crippen molar-refractivity contribution in [2.45, 2.75) is 6.61 Å². The Kier molecular flexibility index (Phi) is 4.38. The summed E-state index contributed by atoms with van der Waals surface area (Å²) in [6.45, 7) is 0.292. The summed E-state index contributed by atoms with van der Waals surface area (Å²) in [6.07, 6.45) is 2.36. The molecule has 0 aliphatic heterocycles. The molecule has 0 atom stereocenters. The molecule has 0 aliphatic rings. The van der Waals surface area contributed by atoms with E-state index in [1.54, 1.807) is 37.6 Å². The van der Waals surface area contributed by atoms with Crippen molar-refractivity contribution < 1.29 is 18.7 Å². The van der Waals surface area contributed by atoms with Crippen LogP contribution in [0.1, 0.15) is 16.1 Å². The first-order valence-electron chi connectivity index (χ1n) is 7.05. The van der Waals surface area contributed by atoms with E-state index >= 15 is 0 Å². The molecule has 0 amide bonds. The Morgan fingerprint density at radius 1 is 1.04 bits per heavy atom. The van der Waals surface area contributed by atoms with Crippen LogP contribution in [-0.2, 0) is 6.61 Å². The molecule has 23 heavy (non-hydrogen) atoms. The summed E-state index contributed by atoms with van der Waals surface area (Å²) >= 11 is 0. The van der Waals surface area contributed by atoms with Crippen LogP contribution in [0.25, 0.3) is 11.5 Å². The van der Waals surface area contributed by atoms with Gasteiger partial charge in [0, 0.05) is 11.1 Å². The van der Waals surface area contributed by atoms with Crippen molar-refractivity contribution >= 4 is 6.29 Å². The third-order valence-electron chi connectivity index (χ3n) is 3.29. The number of aldehydes is 1. The van der Waals surface area contributed by atoms with Gasteiger partial charge in [0.05, 0.1) is 7.11 Å². The van der Waals surface area contributed by atoms with E-state index < -0.39 is 0 Å². The van der Waals surface area contributed by atoms with Crippen LogP contribution in [0.5, 0.6) is 11.5 Å². The molecule has 0 aliphatic carbocycles. The van der Waals surface area contributed by atoms with E-state index in [2.05, 4.69) is 4.98 Å². The fourth-order valence-corrected chi connectivity index (χ4v) is 2.04. The molecule has 0 saturated heterocycles. The molecule has 3 aromatic rings. The molecule has 1 heterocycles. The van der Waals surface area contributed by atoms with Gasteiger partial charge in [0.25, 0.3) is 0 Å². The molecule has 5 nitrogen and oxygen atoms in total. The highest BCUT2D eigenvalue weighted by Crippen LogP contribution is 2.22. The first-order valence-corrected chi connectivity index (χ1v) is 7.05. The maximum absolute atomic E-state index is 10.6. The molecule has 0 fully saturated rings. The highest BCUT2D eigenvalue weighted by molar-refractivity contribution is 5.74. The number of carbonyl (C=O) groups is 1. The number of carbonyl (C=O) groups excluding carboxylic acids is 1. The van der Waals surface area contributed by atoms with E-state index in [4.69, 9.17) is 13.9 Å². The quantitative estimate of drug-likeness (QED) is 0.649. The maximum atomic E-state index is 10.6. The second-order valence-corrected chi connectivity index (χ2v) is 4.85. The van der Waals surface area contributed by atoms with Gasteiger partial charge in [-0.05, 0) is 48.5 Å². The fraction of sp³-hybridized carbons (Fsp3) is 0.111. The smallest absolute Gasteiger partial charge is 0.226 e. The van der Waals surface area contributed by atoms with Gasteiger partial charge in [-0.1, -0.05) is 0 Å². The molecule has 0 saturated carbocycles. The number of hydrogen-bond acceptors (Lipinski definition) is 5. The molecule has 0 N–H and O–H groups in total. The summed E-state index contributed by atoms with van der Waals surface area (Å²) in [7, 11) is 1.62. The molecule has 0 bridgehead atoms. The summed E-state index contributed by atoms with van der Waals surface area (Å²) < 4.78 is 16.2. The van der Waals surface area contributed by atoms with Crippen LogP contribution in [0.4, 0.5) is 0 Å². The normalized spacial score (nSPS) is 10.3. The molecular weight excluding hydrogens is 294 g/mol. The lowest BCUT2D eigenvalue weighted by Crippen LogP contribution is -1.96. The van der Waals surface area contributed by atoms with Crippen LogP contribution in [-0.4, -0.2) is 18.4 Å². The van der Waals surface area contributed by atoms with E-state index in [1.165, 1.54) is 0 Å². The minimum Gasteiger partial charge on any atom is -0.497 e. The Balaban J connectivity index is 1.65. The van der Waals surface area contributed by atoms with Crippen molar-refractivity contribution in [2.24, 2.45) is 0 Å². The van der Waals surface area contributed by atoms with Crippen molar-refractivity contribution in [3.8, 4) is 23.0 Å². The number of rotatable bonds is 6. The van der Waals surface area contributed by atoms with Crippen LogP contribution in [0, 0.1) is 0 Å². The van der Waals surface area contributed by atoms with E-state index in [9.17, 15) is 4.79 Å². The van der Waals surface area contributed by atoms with Crippen LogP contribution >= 0.6 is 0 Å². The number of benzene rings is 2. The highest BCUT2D eigenvalue weighted by atomic mass is 16.5. The second kappa shape index (κ2) is 6.79. The average molecular weight is 309 g/mol. The van der Waals surface area contributed by atoms with E-state index in [-0.39, 0.29) is 0 Å². The minimum absolute atomic E-state index is 0.292. The Morgan fingerprint density at radius 2 is 1.74 bits per heavy atom. The minimum atomic E-state index is 0.292. The summed E-state index contributed by atoms with van der Waals surface area (Å²) in [5.41, 5.74) is 2.17. The highest BCUT2D eigenvalue weighted by Gasteiger charge is 2.07. The lowest BCUT2D eigenvalue weighted by atomic mass is 10.2. The van der Waals surface area contributed by atoms with Gasteiger partial charge in [-0.2, -0.15) is 0 Å². The van der Waals surface area contributed by atoms with Gasteiger partial charge in [0.1, 0.15) is 36.3 Å². The number of aromatic nitrogens is 1. The SMILES string of the molecule is COc1ccc(-c2nc(COc3ccc(C=O)cc3)co2)cc1. The molecular formula is C18H15NO4. The zero-order chi connectivity index (χ0) is 16.1. The third-order valence-corrected chi connectivity index (χ3v) is 3.29. The molecule has 0 radical (unpaired) electrons. The van der Waals surface area contributed by atoms with E-state index in [0.29, 0.717) is 29.5 Å². The Bertz CT molecular complexity index is 776. The van der Waals surface area contributed by atoms with E-state index in [0.717, 1.165) is 17.6 Å². The van der Waals surface area contributed by atoms with Crippen LogP contribution in [0.15, 0.2) is 59.2 Å². The van der Waals surface area contributed by atoms with Crippen molar-refractivity contribution in [3.05, 3.63) is 66.1 Å². The fourth-order valence-electron chi connectivity index (χ4n) is 2.04. The molecule has 116 valence electrons. The Hall–Kier alpha value is -3.08. The average Bonchev–Trinajstić information content (AvgIpc) is 3.09. The predicted molar refractivity (Wildman–Crippen MR) is 84.7 cm³/mol. The number of hydrogen-bond donors (Lipinski definition) is 0. The standard InChI is InChI=1S/C18H15NO4/c1-21-16-8-4-14(5-9-16)18-19-15(12-23-18)11-22-17-6-2-13(10-20)3-7-17/h2-10,12H,11H2,1H3. The van der Waals surface area contributed by atoms with Crippen LogP contribution in [0.3, 0.4) is 0 Å². The van der Waals surface area contributed by atoms with Gasteiger partial charge in [0.2, 0.25) is 5.89 Å². The summed E-state index contributed by atoms with van der Waals surface area (Å²) in [5.74, 6) is 1.98. The molecule has 5 heteroatoms. The largest absolute Gasteiger partial charge is 0.497 e. The van der Waals surface area contributed by atoms with Crippen molar-refractivity contribution in [2.75, 3.05) is 7.11 Å². The Labute approximate surface area is 133 Å². The molecule has 3 rings (SSSR count). The number of methoxy groups -OCH3 is 1. The summed E-state index contributed by atoms with van der Waals surface area (Å²) in [5, 5.41) is 0. The Morgan fingerprint density at radius 3 is 2.39 bits per heavy atom. The first kappa shape index (κ1) is 14.8. The predicted octanol–water partition coefficient (Wildman–Crippen LogP) is 3.74. The molecule has 0 unspecified atom stereocenters. The first-order chi connectivity index (χ1) is 11.3. The topological polar surface area (TPSA) is 61.6 Å². The zero-order valence-corrected chi connectivity index (χ0v) is 12.6. The van der Waals surface area contributed by atoms with Crippen molar-refractivity contribution in [3.63, 3.8) is 0 Å². The number of oxazole rings is 1. The molecule has 0 spiro atoms. The summed E-state index contributed by atoms with van der Waals surface area (Å²) in [6, 6.07) is 14.4. The van der Waals surface area contributed by atoms with Crippen LogP contribution in [0.2, 0.25) is 0 Å². The van der Waals surface area contributed by atoms with Gasteiger partial charge in [-0.15, -0.1) is 0 Å². The van der Waals surface area contributed by atoms with Crippen LogP contribution < -0.4 is 9.47 Å².